The van der Waals surface area contributed by atoms with Gasteiger partial charge in [0.25, 0.3) is 0 Å². The topological polar surface area (TPSA) is 12.9 Å². The first kappa shape index (κ1) is 10.0. The molecule has 1 aromatic heterocycles. The van der Waals surface area contributed by atoms with Gasteiger partial charge in [-0.3, -0.25) is 0 Å². The van der Waals surface area contributed by atoms with Crippen molar-refractivity contribution in [3.63, 3.8) is 0 Å². The van der Waals surface area contributed by atoms with E-state index in [1.54, 1.807) is 6.07 Å². The molecule has 0 aliphatic carbocycles. The molecule has 1 aromatic rings. The molecule has 1 rings (SSSR count). The lowest BCUT2D eigenvalue weighted by Gasteiger charge is -2.09. The smallest absolute Gasteiger partial charge is 0.248 e. The summed E-state index contributed by atoms with van der Waals surface area (Å²) in [6.07, 6.45) is -4.34. The predicted octanol–water partition coefficient (Wildman–Crippen LogP) is 3.22. The van der Waals surface area contributed by atoms with E-state index < -0.39 is 11.9 Å². The first-order valence-electron chi connectivity index (χ1n) is 3.95. The third-order valence-electron chi connectivity index (χ3n) is 1.65. The van der Waals surface area contributed by atoms with Gasteiger partial charge in [0.2, 0.25) is 0 Å². The van der Waals surface area contributed by atoms with E-state index in [2.05, 4.69) is 4.98 Å². The molecule has 0 atom stereocenters. The van der Waals surface area contributed by atoms with Crippen molar-refractivity contribution < 1.29 is 13.2 Å². The van der Waals surface area contributed by atoms with Crippen molar-refractivity contribution in [1.82, 2.24) is 4.98 Å². The van der Waals surface area contributed by atoms with Gasteiger partial charge in [-0.2, -0.15) is 13.2 Å². The maximum absolute atomic E-state index is 12.2. The number of alkyl halides is 3. The highest BCUT2D eigenvalue weighted by atomic mass is 19.4. The maximum Gasteiger partial charge on any atom is 0.433 e. The van der Waals surface area contributed by atoms with Gasteiger partial charge in [-0.1, -0.05) is 19.9 Å². The summed E-state index contributed by atoms with van der Waals surface area (Å²) >= 11 is 0. The van der Waals surface area contributed by atoms with Crippen LogP contribution in [0.1, 0.15) is 31.2 Å². The van der Waals surface area contributed by atoms with E-state index in [-0.39, 0.29) is 5.92 Å². The Hall–Kier alpha value is -1.06. The van der Waals surface area contributed by atoms with E-state index in [0.29, 0.717) is 5.69 Å². The Bertz CT molecular complexity index is 291. The van der Waals surface area contributed by atoms with Gasteiger partial charge in [0, 0.05) is 5.69 Å². The van der Waals surface area contributed by atoms with Crippen LogP contribution in [0.25, 0.3) is 0 Å². The molecule has 0 aromatic carbocycles. The average molecular weight is 189 g/mol. The average Bonchev–Trinajstić information content (AvgIpc) is 2.03. The molecule has 0 bridgehead atoms. The minimum atomic E-state index is -4.34. The minimum absolute atomic E-state index is 0.0160. The molecule has 13 heavy (non-hydrogen) atoms. The summed E-state index contributed by atoms with van der Waals surface area (Å²) in [6.45, 7) is 3.62. The van der Waals surface area contributed by atoms with Crippen LogP contribution in [0.2, 0.25) is 0 Å². The fourth-order valence-electron chi connectivity index (χ4n) is 0.931. The SMILES string of the molecule is CC(C)c1cccc(C(F)(F)F)n1. The molecule has 0 aliphatic rings. The second-order valence-electron chi connectivity index (χ2n) is 3.10. The number of aromatic nitrogens is 1. The molecular weight excluding hydrogens is 179 g/mol. The lowest BCUT2D eigenvalue weighted by Crippen LogP contribution is -2.09. The van der Waals surface area contributed by atoms with Crippen LogP contribution in [0.15, 0.2) is 18.2 Å². The molecule has 4 heteroatoms. The lowest BCUT2D eigenvalue weighted by molar-refractivity contribution is -0.141. The Morgan fingerprint density at radius 2 is 1.85 bits per heavy atom. The Labute approximate surface area is 74.6 Å². The van der Waals surface area contributed by atoms with E-state index >= 15 is 0 Å². The van der Waals surface area contributed by atoms with Gasteiger partial charge in [-0.15, -0.1) is 0 Å². The van der Waals surface area contributed by atoms with Crippen LogP contribution in [-0.2, 0) is 6.18 Å². The van der Waals surface area contributed by atoms with Gasteiger partial charge < -0.3 is 0 Å². The van der Waals surface area contributed by atoms with Gasteiger partial charge in [0.05, 0.1) is 0 Å². The lowest BCUT2D eigenvalue weighted by atomic mass is 10.1. The maximum atomic E-state index is 12.2. The van der Waals surface area contributed by atoms with Crippen LogP contribution in [0.3, 0.4) is 0 Å². The van der Waals surface area contributed by atoms with Crippen molar-refractivity contribution in [2.45, 2.75) is 25.9 Å². The fourth-order valence-corrected chi connectivity index (χ4v) is 0.931. The highest BCUT2D eigenvalue weighted by Gasteiger charge is 2.32. The first-order chi connectivity index (χ1) is 5.91. The molecule has 0 aliphatic heterocycles. The summed E-state index contributed by atoms with van der Waals surface area (Å²) in [4.78, 5) is 3.52. The van der Waals surface area contributed by atoms with Gasteiger partial charge in [0.15, 0.2) is 0 Å². The van der Waals surface area contributed by atoms with E-state index in [0.717, 1.165) is 6.07 Å². The predicted molar refractivity (Wildman–Crippen MR) is 43.3 cm³/mol. The Morgan fingerprint density at radius 1 is 1.23 bits per heavy atom. The van der Waals surface area contributed by atoms with Gasteiger partial charge in [0.1, 0.15) is 5.69 Å². The van der Waals surface area contributed by atoms with Gasteiger partial charge >= 0.3 is 6.18 Å². The third kappa shape index (κ3) is 2.44. The number of nitrogens with zero attached hydrogens (tertiary/aromatic N) is 1. The van der Waals surface area contributed by atoms with Crippen LogP contribution in [0, 0.1) is 0 Å². The van der Waals surface area contributed by atoms with Crippen LogP contribution in [0.4, 0.5) is 13.2 Å². The van der Waals surface area contributed by atoms with Crippen LogP contribution in [0.5, 0.6) is 0 Å². The molecule has 1 heterocycles. The van der Waals surface area contributed by atoms with E-state index in [1.165, 1.54) is 6.07 Å². The van der Waals surface area contributed by atoms with Gasteiger partial charge in [-0.25, -0.2) is 4.98 Å². The van der Waals surface area contributed by atoms with Crippen molar-refractivity contribution in [3.8, 4) is 0 Å². The van der Waals surface area contributed by atoms with E-state index in [4.69, 9.17) is 0 Å². The first-order valence-corrected chi connectivity index (χ1v) is 3.95. The zero-order valence-electron chi connectivity index (χ0n) is 7.39. The zero-order chi connectivity index (χ0) is 10.1. The van der Waals surface area contributed by atoms with Crippen molar-refractivity contribution >= 4 is 0 Å². The van der Waals surface area contributed by atoms with Crippen LogP contribution in [-0.4, -0.2) is 4.98 Å². The number of hydrogen-bond acceptors (Lipinski definition) is 1. The summed E-state index contributed by atoms with van der Waals surface area (Å²) in [5.41, 5.74) is -0.353. The highest BCUT2D eigenvalue weighted by molar-refractivity contribution is 5.15. The Morgan fingerprint density at radius 3 is 2.31 bits per heavy atom. The monoisotopic (exact) mass is 189 g/mol. The molecular formula is C9H10F3N. The minimum Gasteiger partial charge on any atom is -0.248 e. The quantitative estimate of drug-likeness (QED) is 0.660. The normalized spacial score (nSPS) is 12.2. The molecule has 0 N–H and O–H groups in total. The standard InChI is InChI=1S/C9H10F3N/c1-6(2)7-4-3-5-8(13-7)9(10,11)12/h3-6H,1-2H3. The van der Waals surface area contributed by atoms with E-state index in [9.17, 15) is 13.2 Å². The number of pyridine rings is 1. The van der Waals surface area contributed by atoms with Gasteiger partial charge in [-0.05, 0) is 18.1 Å². The Balaban J connectivity index is 3.06. The molecule has 0 amide bonds. The molecule has 0 unspecified atom stereocenters. The number of rotatable bonds is 1. The summed E-state index contributed by atoms with van der Waals surface area (Å²) < 4.78 is 36.5. The zero-order valence-corrected chi connectivity index (χ0v) is 7.39. The Kier molecular flexibility index (Phi) is 2.59. The second kappa shape index (κ2) is 3.36. The largest absolute Gasteiger partial charge is 0.433 e. The number of halogens is 3. The molecule has 0 saturated heterocycles. The molecule has 0 spiro atoms. The van der Waals surface area contributed by atoms with Crippen molar-refractivity contribution in [1.29, 1.82) is 0 Å². The van der Waals surface area contributed by atoms with Crippen molar-refractivity contribution in [3.05, 3.63) is 29.6 Å². The third-order valence-corrected chi connectivity index (χ3v) is 1.65. The second-order valence-corrected chi connectivity index (χ2v) is 3.10. The molecule has 72 valence electrons. The summed E-state index contributed by atoms with van der Waals surface area (Å²) in [6, 6.07) is 3.96. The number of hydrogen-bond donors (Lipinski definition) is 0. The summed E-state index contributed by atoms with van der Waals surface area (Å²) in [5, 5.41) is 0. The van der Waals surface area contributed by atoms with Crippen molar-refractivity contribution in [2.75, 3.05) is 0 Å². The van der Waals surface area contributed by atoms with Crippen LogP contribution >= 0.6 is 0 Å². The van der Waals surface area contributed by atoms with Crippen molar-refractivity contribution in [2.24, 2.45) is 0 Å². The van der Waals surface area contributed by atoms with E-state index in [1.807, 2.05) is 13.8 Å². The summed E-state index contributed by atoms with van der Waals surface area (Å²) in [5.74, 6) is 0.0160. The van der Waals surface area contributed by atoms with Crippen LogP contribution < -0.4 is 0 Å². The molecule has 0 fully saturated rings. The molecule has 0 saturated carbocycles. The summed E-state index contributed by atoms with van der Waals surface area (Å²) in [7, 11) is 0. The highest BCUT2D eigenvalue weighted by Crippen LogP contribution is 2.28. The molecule has 1 nitrogen and oxygen atoms in total. The molecule has 0 radical (unpaired) electrons. The fraction of sp³-hybridized carbons (Fsp3) is 0.444.